The largest absolute Gasteiger partial charge is 0.445 e. The highest BCUT2D eigenvalue weighted by Gasteiger charge is 2.42. The fraction of sp³-hybridized carbons (Fsp3) is 0.261. The molecule has 0 bridgehead atoms. The zero-order valence-electron chi connectivity index (χ0n) is 16.7. The van der Waals surface area contributed by atoms with Crippen LogP contribution in [0.2, 0.25) is 0 Å². The summed E-state index contributed by atoms with van der Waals surface area (Å²) in [6.45, 7) is 5.88. The molecule has 1 amide bonds. The number of hydrogen-bond donors (Lipinski definition) is 1. The number of aromatic nitrogens is 2. The van der Waals surface area contributed by atoms with E-state index in [1.165, 1.54) is 0 Å². The number of nitrogens with one attached hydrogen (secondary N) is 1. The molecule has 2 aromatic carbocycles. The third-order valence-corrected chi connectivity index (χ3v) is 5.43. The molecule has 1 N–H and O–H groups in total. The Kier molecular flexibility index (Phi) is 4.70. The Balaban J connectivity index is 1.52. The highest BCUT2D eigenvalue weighted by atomic mass is 16.6. The monoisotopic (exact) mass is 389 g/mol. The molecule has 1 aliphatic rings. The summed E-state index contributed by atoms with van der Waals surface area (Å²) < 4.78 is 7.38. The number of cyclic esters (lactones) is 1. The molecule has 29 heavy (non-hydrogen) atoms. The first-order valence-corrected chi connectivity index (χ1v) is 9.59. The van der Waals surface area contributed by atoms with E-state index >= 15 is 0 Å². The van der Waals surface area contributed by atoms with E-state index in [1.54, 1.807) is 19.1 Å². The molecule has 1 aliphatic heterocycles. The minimum atomic E-state index is -1.23. The van der Waals surface area contributed by atoms with Gasteiger partial charge in [-0.2, -0.15) is 5.10 Å². The number of amides is 1. The van der Waals surface area contributed by atoms with E-state index in [-0.39, 0.29) is 5.91 Å². The van der Waals surface area contributed by atoms with Crippen LogP contribution in [0.1, 0.15) is 39.8 Å². The number of fused-ring (bicyclic) bond motifs is 1. The summed E-state index contributed by atoms with van der Waals surface area (Å²) >= 11 is 0. The van der Waals surface area contributed by atoms with Gasteiger partial charge < -0.3 is 10.1 Å². The number of benzene rings is 2. The van der Waals surface area contributed by atoms with E-state index in [9.17, 15) is 9.59 Å². The van der Waals surface area contributed by atoms with Crippen molar-refractivity contribution >= 4 is 11.9 Å². The second-order valence-electron chi connectivity index (χ2n) is 7.53. The molecular weight excluding hydrogens is 366 g/mol. The normalized spacial score (nSPS) is 18.1. The molecule has 6 heteroatoms. The Hall–Kier alpha value is -3.41. The highest BCUT2D eigenvalue weighted by molar-refractivity contribution is 5.97. The predicted octanol–water partition coefficient (Wildman–Crippen LogP) is 3.28. The maximum absolute atomic E-state index is 12.9. The number of carbonyl (C=O) groups is 2. The summed E-state index contributed by atoms with van der Waals surface area (Å²) in [6.07, 6.45) is 0.349. The first kappa shape index (κ1) is 18.9. The Morgan fingerprint density at radius 1 is 1.14 bits per heavy atom. The fourth-order valence-corrected chi connectivity index (χ4v) is 3.77. The van der Waals surface area contributed by atoms with Gasteiger partial charge in [0.2, 0.25) is 0 Å². The van der Waals surface area contributed by atoms with Crippen LogP contribution in [0.4, 0.5) is 0 Å². The Morgan fingerprint density at radius 3 is 2.59 bits per heavy atom. The minimum absolute atomic E-state index is 0.313. The van der Waals surface area contributed by atoms with Crippen molar-refractivity contribution in [2.75, 3.05) is 0 Å². The van der Waals surface area contributed by atoms with Gasteiger partial charge in [-0.05, 0) is 44.5 Å². The van der Waals surface area contributed by atoms with Crippen molar-refractivity contribution in [3.63, 3.8) is 0 Å². The van der Waals surface area contributed by atoms with Crippen LogP contribution < -0.4 is 5.32 Å². The number of rotatable bonds is 4. The molecule has 1 atom stereocenters. The summed E-state index contributed by atoms with van der Waals surface area (Å²) in [5, 5.41) is 7.55. The van der Waals surface area contributed by atoms with Gasteiger partial charge in [-0.15, -0.1) is 0 Å². The highest BCUT2D eigenvalue weighted by Crippen LogP contribution is 2.28. The zero-order valence-corrected chi connectivity index (χ0v) is 16.7. The second kappa shape index (κ2) is 7.20. The van der Waals surface area contributed by atoms with Gasteiger partial charge in [0.15, 0.2) is 5.60 Å². The Labute approximate surface area is 169 Å². The number of para-hydroxylation sites is 1. The molecule has 1 unspecified atom stereocenters. The van der Waals surface area contributed by atoms with E-state index in [0.29, 0.717) is 18.5 Å². The lowest BCUT2D eigenvalue weighted by Gasteiger charge is -2.33. The molecule has 148 valence electrons. The van der Waals surface area contributed by atoms with Crippen LogP contribution in [0.15, 0.2) is 54.6 Å². The van der Waals surface area contributed by atoms with Crippen LogP contribution in [-0.4, -0.2) is 27.3 Å². The number of nitrogens with zero attached hydrogens (tertiary/aromatic N) is 2. The number of hydrogen-bond acceptors (Lipinski definition) is 4. The van der Waals surface area contributed by atoms with Crippen molar-refractivity contribution in [2.45, 2.75) is 39.3 Å². The van der Waals surface area contributed by atoms with E-state index < -0.39 is 11.6 Å². The van der Waals surface area contributed by atoms with Gasteiger partial charge in [0.1, 0.15) is 0 Å². The number of ether oxygens (including phenoxy) is 1. The molecule has 0 saturated heterocycles. The molecule has 6 nitrogen and oxygen atoms in total. The van der Waals surface area contributed by atoms with Crippen molar-refractivity contribution < 1.29 is 14.3 Å². The maximum atomic E-state index is 12.9. The van der Waals surface area contributed by atoms with Crippen LogP contribution in [0.3, 0.4) is 0 Å². The van der Waals surface area contributed by atoms with Crippen LogP contribution >= 0.6 is 0 Å². The van der Waals surface area contributed by atoms with E-state index in [1.807, 2.05) is 61.0 Å². The van der Waals surface area contributed by atoms with Gasteiger partial charge in [0.25, 0.3) is 5.91 Å². The fourth-order valence-electron chi connectivity index (χ4n) is 3.77. The van der Waals surface area contributed by atoms with Gasteiger partial charge in [0, 0.05) is 24.2 Å². The topological polar surface area (TPSA) is 73.2 Å². The number of esters is 1. The lowest BCUT2D eigenvalue weighted by atomic mass is 9.89. The average Bonchev–Trinajstić information content (AvgIpc) is 3.00. The van der Waals surface area contributed by atoms with Crippen LogP contribution in [0, 0.1) is 13.8 Å². The van der Waals surface area contributed by atoms with Gasteiger partial charge in [-0.1, -0.05) is 36.4 Å². The molecule has 0 fully saturated rings. The smallest absolute Gasteiger partial charge is 0.339 e. The molecule has 0 saturated carbocycles. The number of carbonyl (C=O) groups excluding carboxylic acids is 2. The number of aryl methyl sites for hydroxylation is 1. The molecule has 3 aromatic rings. The third kappa shape index (κ3) is 3.42. The quantitative estimate of drug-likeness (QED) is 0.695. The predicted molar refractivity (Wildman–Crippen MR) is 109 cm³/mol. The zero-order chi connectivity index (χ0) is 20.6. The van der Waals surface area contributed by atoms with Crippen molar-refractivity contribution in [1.29, 1.82) is 0 Å². The van der Waals surface area contributed by atoms with Crippen molar-refractivity contribution in [3.8, 4) is 5.69 Å². The first-order chi connectivity index (χ1) is 13.9. The van der Waals surface area contributed by atoms with Gasteiger partial charge in [-0.25, -0.2) is 9.48 Å². The van der Waals surface area contributed by atoms with E-state index in [0.717, 1.165) is 28.2 Å². The molecule has 4 rings (SSSR count). The summed E-state index contributed by atoms with van der Waals surface area (Å²) in [4.78, 5) is 25.3. The molecule has 0 aliphatic carbocycles. The van der Waals surface area contributed by atoms with Gasteiger partial charge in [-0.3, -0.25) is 4.79 Å². The SMILES string of the molecule is Cc1nn(-c2ccccc2)c(C)c1CNC(=O)C1(C)Cc2ccccc2C(=O)O1. The van der Waals surface area contributed by atoms with Gasteiger partial charge >= 0.3 is 5.97 Å². The van der Waals surface area contributed by atoms with Gasteiger partial charge in [0.05, 0.1) is 16.9 Å². The molecule has 0 spiro atoms. The molecule has 2 heterocycles. The summed E-state index contributed by atoms with van der Waals surface area (Å²) in [7, 11) is 0. The lowest BCUT2D eigenvalue weighted by Crippen LogP contribution is -2.51. The first-order valence-electron chi connectivity index (χ1n) is 9.59. The van der Waals surface area contributed by atoms with Crippen LogP contribution in [0.5, 0.6) is 0 Å². The maximum Gasteiger partial charge on any atom is 0.339 e. The molecule has 0 radical (unpaired) electrons. The molecular formula is C23H23N3O3. The molecule has 1 aromatic heterocycles. The summed E-state index contributed by atoms with van der Waals surface area (Å²) in [5.41, 5.74) is 3.85. The Bertz CT molecular complexity index is 1090. The van der Waals surface area contributed by atoms with E-state index in [2.05, 4.69) is 10.4 Å². The third-order valence-electron chi connectivity index (χ3n) is 5.43. The van der Waals surface area contributed by atoms with Crippen molar-refractivity contribution in [2.24, 2.45) is 0 Å². The average molecular weight is 389 g/mol. The standard InChI is InChI=1S/C23H23N3O3/c1-15-20(16(2)26(25-15)18-10-5-4-6-11-18)14-24-22(28)23(3)13-17-9-7-8-12-19(17)21(27)29-23/h4-12H,13-14H2,1-3H3,(H,24,28). The van der Waals surface area contributed by atoms with Crippen molar-refractivity contribution in [3.05, 3.63) is 82.7 Å². The Morgan fingerprint density at radius 2 is 1.83 bits per heavy atom. The summed E-state index contributed by atoms with van der Waals surface area (Å²) in [5.74, 6) is -0.777. The minimum Gasteiger partial charge on any atom is -0.445 e. The lowest BCUT2D eigenvalue weighted by molar-refractivity contribution is -0.140. The van der Waals surface area contributed by atoms with Crippen molar-refractivity contribution in [1.82, 2.24) is 15.1 Å². The second-order valence-corrected chi connectivity index (χ2v) is 7.53. The summed E-state index contributed by atoms with van der Waals surface area (Å²) in [6, 6.07) is 17.1. The van der Waals surface area contributed by atoms with Crippen LogP contribution in [0.25, 0.3) is 5.69 Å². The van der Waals surface area contributed by atoms with Crippen LogP contribution in [-0.2, 0) is 22.5 Å². The van der Waals surface area contributed by atoms with E-state index in [4.69, 9.17) is 4.74 Å².